The smallest absolute Gasteiger partial charge is 0.247 e. The van der Waals surface area contributed by atoms with E-state index in [1.54, 1.807) is 16.7 Å². The quantitative estimate of drug-likeness (QED) is 0.476. The molecule has 1 N–H and O–H groups in total. The second-order valence-corrected chi connectivity index (χ2v) is 12.8. The van der Waals surface area contributed by atoms with Gasteiger partial charge in [0.15, 0.2) is 0 Å². The van der Waals surface area contributed by atoms with E-state index >= 15 is 0 Å². The van der Waals surface area contributed by atoms with Gasteiger partial charge in [0.05, 0.1) is 29.2 Å². The Hall–Kier alpha value is -1.80. The van der Waals surface area contributed by atoms with Crippen LogP contribution in [-0.4, -0.2) is 91.9 Å². The highest BCUT2D eigenvalue weighted by atomic mass is 32.2. The molecule has 0 bridgehead atoms. The Kier molecular flexibility index (Phi) is 8.25. The molecule has 36 heavy (non-hydrogen) atoms. The topological polar surface area (TPSA) is 81.2 Å². The number of carbonyl (C=O) groups excluding carboxylic acids is 3. The lowest BCUT2D eigenvalue weighted by atomic mass is 9.78. The molecule has 0 saturated carbocycles. The standard InChI is InChI=1S/C28H43N3O4S/c1-6-10-19(5)30-15-9-12-28-23(22-21(36-28)11-8-14-29(13-7-2)25(22)33)26(34)31(24(28)27(30)35)20(17-32)16-18(3)4/h8-9,11-12,18-24,32H,6-7,10,13-17H2,1-5H3/t19?,20-,21-,22+,23+,24?,28+/m1/s1. The third kappa shape index (κ3) is 4.42. The minimum Gasteiger partial charge on any atom is -0.394 e. The normalized spacial score (nSPS) is 33.5. The Morgan fingerprint density at radius 1 is 1.06 bits per heavy atom. The van der Waals surface area contributed by atoms with Gasteiger partial charge in [0.2, 0.25) is 17.7 Å². The largest absolute Gasteiger partial charge is 0.394 e. The van der Waals surface area contributed by atoms with E-state index < -0.39 is 28.7 Å². The summed E-state index contributed by atoms with van der Waals surface area (Å²) in [6.07, 6.45) is 11.6. The molecule has 2 fully saturated rings. The molecule has 2 saturated heterocycles. The van der Waals surface area contributed by atoms with Gasteiger partial charge in [-0.25, -0.2) is 0 Å². The molecule has 7 atom stereocenters. The third-order valence-electron chi connectivity index (χ3n) is 8.29. The van der Waals surface area contributed by atoms with E-state index in [9.17, 15) is 19.5 Å². The van der Waals surface area contributed by atoms with Gasteiger partial charge in [0.25, 0.3) is 0 Å². The Bertz CT molecular complexity index is 920. The van der Waals surface area contributed by atoms with E-state index in [0.717, 1.165) is 19.3 Å². The van der Waals surface area contributed by atoms with E-state index in [-0.39, 0.29) is 41.5 Å². The molecular weight excluding hydrogens is 474 g/mol. The fourth-order valence-corrected chi connectivity index (χ4v) is 8.79. The lowest BCUT2D eigenvalue weighted by Crippen LogP contribution is -2.58. The van der Waals surface area contributed by atoms with Crippen LogP contribution >= 0.6 is 11.8 Å². The SMILES string of the molecule is CCCC(C)N1CC=C[C@]23S[C@@H]4C=CCN(CCC)C(=O)[C@@H]4[C@H]2C(=O)N([C@@H](CO)CC(C)C)C3C1=O. The highest BCUT2D eigenvalue weighted by Crippen LogP contribution is 2.61. The molecule has 4 aliphatic heterocycles. The monoisotopic (exact) mass is 517 g/mol. The Labute approximate surface area is 220 Å². The van der Waals surface area contributed by atoms with Gasteiger partial charge in [-0.15, -0.1) is 11.8 Å². The van der Waals surface area contributed by atoms with Crippen LogP contribution < -0.4 is 0 Å². The second kappa shape index (κ2) is 10.9. The molecule has 0 aromatic heterocycles. The number of likely N-dealkylation sites (tertiary alicyclic amines) is 1. The summed E-state index contributed by atoms with van der Waals surface area (Å²) in [4.78, 5) is 48.0. The molecule has 0 radical (unpaired) electrons. The van der Waals surface area contributed by atoms with Crippen LogP contribution in [-0.2, 0) is 14.4 Å². The van der Waals surface area contributed by atoms with Gasteiger partial charge in [0, 0.05) is 30.9 Å². The number of aliphatic hydroxyl groups excluding tert-OH is 1. The summed E-state index contributed by atoms with van der Waals surface area (Å²) >= 11 is 1.62. The lowest BCUT2D eigenvalue weighted by Gasteiger charge is -2.40. The average molecular weight is 518 g/mol. The van der Waals surface area contributed by atoms with E-state index in [1.807, 2.05) is 22.0 Å². The zero-order valence-electron chi connectivity index (χ0n) is 22.4. The van der Waals surface area contributed by atoms with E-state index in [0.29, 0.717) is 26.1 Å². The number of aliphatic hydroxyl groups is 1. The molecule has 4 aliphatic rings. The van der Waals surface area contributed by atoms with Crippen molar-refractivity contribution in [2.75, 3.05) is 26.2 Å². The van der Waals surface area contributed by atoms with Gasteiger partial charge < -0.3 is 19.8 Å². The van der Waals surface area contributed by atoms with Crippen LogP contribution in [0.15, 0.2) is 24.3 Å². The summed E-state index contributed by atoms with van der Waals surface area (Å²) in [7, 11) is 0. The summed E-state index contributed by atoms with van der Waals surface area (Å²) in [6.45, 7) is 11.9. The summed E-state index contributed by atoms with van der Waals surface area (Å²) in [6, 6.07) is -1.12. The molecule has 0 aromatic carbocycles. The first-order chi connectivity index (χ1) is 17.2. The molecule has 8 heteroatoms. The van der Waals surface area contributed by atoms with Crippen molar-refractivity contribution in [3.05, 3.63) is 24.3 Å². The van der Waals surface area contributed by atoms with Crippen LogP contribution in [0.3, 0.4) is 0 Å². The molecular formula is C28H43N3O4S. The van der Waals surface area contributed by atoms with Crippen molar-refractivity contribution in [2.45, 2.75) is 88.4 Å². The highest BCUT2D eigenvalue weighted by Gasteiger charge is 2.71. The van der Waals surface area contributed by atoms with E-state index in [2.05, 4.69) is 46.8 Å². The number of rotatable bonds is 9. The number of hydrogen-bond donors (Lipinski definition) is 1. The number of thioether (sulfide) groups is 1. The zero-order chi connectivity index (χ0) is 26.2. The van der Waals surface area contributed by atoms with Crippen molar-refractivity contribution in [3.8, 4) is 0 Å². The van der Waals surface area contributed by atoms with Crippen LogP contribution in [0.1, 0.15) is 60.3 Å². The number of nitrogens with zero attached hydrogens (tertiary/aromatic N) is 3. The molecule has 0 aliphatic carbocycles. The maximum Gasteiger partial charge on any atom is 0.247 e. The Balaban J connectivity index is 1.83. The van der Waals surface area contributed by atoms with Crippen molar-refractivity contribution < 1.29 is 19.5 Å². The van der Waals surface area contributed by atoms with Gasteiger partial charge in [-0.2, -0.15) is 0 Å². The predicted octanol–water partition coefficient (Wildman–Crippen LogP) is 3.09. The van der Waals surface area contributed by atoms with E-state index in [4.69, 9.17) is 0 Å². The van der Waals surface area contributed by atoms with Crippen molar-refractivity contribution in [1.29, 1.82) is 0 Å². The average Bonchev–Trinajstić information content (AvgIpc) is 3.15. The van der Waals surface area contributed by atoms with Gasteiger partial charge in [0.1, 0.15) is 6.04 Å². The molecule has 2 unspecified atom stereocenters. The first-order valence-corrected chi connectivity index (χ1v) is 14.6. The lowest BCUT2D eigenvalue weighted by molar-refractivity contribution is -0.147. The van der Waals surface area contributed by atoms with Gasteiger partial charge in [-0.3, -0.25) is 14.4 Å². The van der Waals surface area contributed by atoms with Gasteiger partial charge in [-0.1, -0.05) is 58.4 Å². The van der Waals surface area contributed by atoms with Crippen LogP contribution in [0.4, 0.5) is 0 Å². The Morgan fingerprint density at radius 3 is 2.44 bits per heavy atom. The fraction of sp³-hybridized carbons (Fsp3) is 0.750. The summed E-state index contributed by atoms with van der Waals surface area (Å²) in [5.41, 5.74) is 0. The molecule has 4 heterocycles. The molecule has 200 valence electrons. The first-order valence-electron chi connectivity index (χ1n) is 13.8. The maximum absolute atomic E-state index is 14.4. The van der Waals surface area contributed by atoms with Crippen molar-refractivity contribution in [1.82, 2.24) is 14.7 Å². The number of carbonyl (C=O) groups is 3. The van der Waals surface area contributed by atoms with Gasteiger partial charge >= 0.3 is 0 Å². The summed E-state index contributed by atoms with van der Waals surface area (Å²) in [5, 5.41) is 10.3. The predicted molar refractivity (Wildman–Crippen MR) is 143 cm³/mol. The van der Waals surface area contributed by atoms with Crippen molar-refractivity contribution in [2.24, 2.45) is 17.8 Å². The van der Waals surface area contributed by atoms with Crippen molar-refractivity contribution in [3.63, 3.8) is 0 Å². The first kappa shape index (κ1) is 27.2. The second-order valence-electron chi connectivity index (χ2n) is 11.3. The number of hydrogen-bond acceptors (Lipinski definition) is 5. The minimum atomic E-state index is -0.816. The molecule has 1 spiro atoms. The van der Waals surface area contributed by atoms with Crippen LogP contribution in [0.5, 0.6) is 0 Å². The number of fused-ring (bicyclic) bond motifs is 2. The molecule has 3 amide bonds. The van der Waals surface area contributed by atoms with Crippen LogP contribution in [0.2, 0.25) is 0 Å². The highest BCUT2D eigenvalue weighted by molar-refractivity contribution is 8.02. The summed E-state index contributed by atoms with van der Waals surface area (Å²) in [5.74, 6) is -1.06. The Morgan fingerprint density at radius 2 is 1.81 bits per heavy atom. The van der Waals surface area contributed by atoms with Crippen LogP contribution in [0, 0.1) is 17.8 Å². The molecule has 0 aromatic rings. The molecule has 4 rings (SSSR count). The summed E-state index contributed by atoms with van der Waals surface area (Å²) < 4.78 is -0.816. The van der Waals surface area contributed by atoms with Crippen molar-refractivity contribution >= 4 is 29.5 Å². The fourth-order valence-electron chi connectivity index (χ4n) is 6.80. The van der Waals surface area contributed by atoms with Gasteiger partial charge in [-0.05, 0) is 32.1 Å². The maximum atomic E-state index is 14.4. The number of amides is 3. The van der Waals surface area contributed by atoms with Crippen LogP contribution in [0.25, 0.3) is 0 Å². The van der Waals surface area contributed by atoms with E-state index in [1.165, 1.54) is 0 Å². The third-order valence-corrected chi connectivity index (χ3v) is 10.0. The zero-order valence-corrected chi connectivity index (χ0v) is 23.2. The minimum absolute atomic E-state index is 0.0147. The molecule has 7 nitrogen and oxygen atoms in total.